The summed E-state index contributed by atoms with van der Waals surface area (Å²) in [6, 6.07) is 37.3. The van der Waals surface area contributed by atoms with Crippen LogP contribution in [0.1, 0.15) is 70.2 Å². The van der Waals surface area contributed by atoms with Crippen LogP contribution < -0.4 is 0 Å². The summed E-state index contributed by atoms with van der Waals surface area (Å²) < 4.78 is 1.42. The topological polar surface area (TPSA) is 0 Å². The Morgan fingerprint density at radius 2 is 1.07 bits per heavy atom. The number of halogens is 2. The van der Waals surface area contributed by atoms with E-state index in [1.165, 1.54) is 71.2 Å². The van der Waals surface area contributed by atoms with Gasteiger partial charge >= 0.3 is 99.2 Å². The van der Waals surface area contributed by atoms with Gasteiger partial charge in [-0.05, 0) is 10.8 Å². The van der Waals surface area contributed by atoms with Crippen LogP contribution in [-0.4, -0.2) is 3.21 Å². The second-order valence-corrected chi connectivity index (χ2v) is 13.6. The predicted molar refractivity (Wildman–Crippen MR) is 187 cm³/mol. The zero-order chi connectivity index (χ0) is 28.8. The van der Waals surface area contributed by atoms with Crippen LogP contribution in [-0.2, 0) is 35.1 Å². The second kappa shape index (κ2) is 15.9. The fourth-order valence-corrected chi connectivity index (χ4v) is 5.49. The van der Waals surface area contributed by atoms with Gasteiger partial charge in [0, 0.05) is 0 Å². The number of fused-ring (bicyclic) bond motifs is 3. The second-order valence-electron chi connectivity index (χ2n) is 12.4. The summed E-state index contributed by atoms with van der Waals surface area (Å²) in [5.74, 6) is 0. The summed E-state index contributed by atoms with van der Waals surface area (Å²) in [5, 5.41) is 5.48. The van der Waals surface area contributed by atoms with Crippen LogP contribution in [0.5, 0.6) is 0 Å². The number of benzene rings is 4. The molecule has 0 aliphatic heterocycles. The third-order valence-corrected chi connectivity index (χ3v) is 8.57. The van der Waals surface area contributed by atoms with Gasteiger partial charge in [0.1, 0.15) is 0 Å². The molecule has 216 valence electrons. The molecule has 0 aromatic heterocycles. The molecule has 0 unspecified atom stereocenters. The summed E-state index contributed by atoms with van der Waals surface area (Å²) in [4.78, 5) is 0. The molecule has 0 saturated heterocycles. The van der Waals surface area contributed by atoms with Crippen LogP contribution in [0.4, 0.5) is 0 Å². The molecular formula is C39H42Cl2Zr. The van der Waals surface area contributed by atoms with Gasteiger partial charge < -0.3 is 0 Å². The molecule has 0 heterocycles. The van der Waals surface area contributed by atoms with Crippen LogP contribution in [0.15, 0.2) is 121 Å². The Bertz CT molecular complexity index is 1510. The van der Waals surface area contributed by atoms with E-state index in [2.05, 4.69) is 157 Å². The molecule has 0 nitrogen and oxygen atoms in total. The van der Waals surface area contributed by atoms with Crippen molar-refractivity contribution in [3.05, 3.63) is 150 Å². The zero-order valence-corrected chi connectivity index (χ0v) is 29.7. The maximum absolute atomic E-state index is 2.99. The van der Waals surface area contributed by atoms with Crippen molar-refractivity contribution >= 4 is 49.6 Å². The van der Waals surface area contributed by atoms with Crippen LogP contribution in [0, 0.1) is 6.08 Å². The van der Waals surface area contributed by atoms with E-state index in [1.807, 2.05) is 12.2 Å². The van der Waals surface area contributed by atoms with Gasteiger partial charge in [0.15, 0.2) is 0 Å². The van der Waals surface area contributed by atoms with Crippen LogP contribution in [0.2, 0.25) is 0 Å². The zero-order valence-electron chi connectivity index (χ0n) is 25.6. The average molecular weight is 673 g/mol. The molecule has 3 heteroatoms. The molecule has 5 aromatic carbocycles. The van der Waals surface area contributed by atoms with Crippen molar-refractivity contribution in [2.24, 2.45) is 0 Å². The molecular weight excluding hydrogens is 631 g/mol. The Morgan fingerprint density at radius 3 is 1.38 bits per heavy atom. The van der Waals surface area contributed by atoms with Gasteiger partial charge in [-0.15, -0.1) is 71.0 Å². The average Bonchev–Trinajstić information content (AvgIpc) is 3.64. The van der Waals surface area contributed by atoms with Gasteiger partial charge in [-0.1, -0.05) is 76.9 Å². The van der Waals surface area contributed by atoms with Crippen molar-refractivity contribution in [2.75, 3.05) is 0 Å². The third kappa shape index (κ3) is 9.54. The summed E-state index contributed by atoms with van der Waals surface area (Å²) in [6.07, 6.45) is 10.0. The van der Waals surface area contributed by atoms with Gasteiger partial charge in [-0.2, -0.15) is 6.08 Å². The van der Waals surface area contributed by atoms with E-state index in [0.717, 1.165) is 6.42 Å². The summed E-state index contributed by atoms with van der Waals surface area (Å²) in [7, 11) is 0. The van der Waals surface area contributed by atoms with Crippen LogP contribution in [0.3, 0.4) is 0 Å². The van der Waals surface area contributed by atoms with Crippen molar-refractivity contribution in [3.8, 4) is 0 Å². The predicted octanol–water partition coefficient (Wildman–Crippen LogP) is 11.3. The SMILES string of the molecule is CC(C)(C)c1ccc2c(c1)[cH-]c1cc(C(C)(C)C)ccc12.Cl.Cl.[C-]1=CC=CC1.[Zr+2]=[C](c1ccccc1)c1ccccc1. The van der Waals surface area contributed by atoms with E-state index >= 15 is 0 Å². The molecule has 42 heavy (non-hydrogen) atoms. The van der Waals surface area contributed by atoms with E-state index < -0.39 is 0 Å². The molecule has 0 saturated carbocycles. The Kier molecular flexibility index (Phi) is 13.5. The molecule has 0 bridgehead atoms. The van der Waals surface area contributed by atoms with Crippen molar-refractivity contribution in [2.45, 2.75) is 58.8 Å². The fraction of sp³-hybridized carbons (Fsp3) is 0.231. The first kappa shape index (κ1) is 35.8. The van der Waals surface area contributed by atoms with Gasteiger partial charge in [0.25, 0.3) is 0 Å². The van der Waals surface area contributed by atoms with Crippen molar-refractivity contribution in [1.29, 1.82) is 0 Å². The maximum atomic E-state index is 2.99. The number of hydrogen-bond donors (Lipinski definition) is 0. The standard InChI is InChI=1S/C21H25.C13H10.C5H5.2ClH.Zr/c1-20(2,3)16-7-9-18-14(12-16)11-15-13-17(21(4,5)6)8-10-19(15)18;1-3-7-12(8-4-1)11-13-9-5-2-6-10-13;1-2-4-5-3-1;;;/h7-13H,1-6H3;1-10H;1-3H,4H2;2*1H;/q-1;;-1;;;+2. The van der Waals surface area contributed by atoms with Crippen LogP contribution in [0.25, 0.3) is 21.5 Å². The molecule has 5 aromatic rings. The van der Waals surface area contributed by atoms with Gasteiger partial charge in [-0.3, -0.25) is 6.08 Å². The molecule has 6 rings (SSSR count). The first-order valence-corrected chi connectivity index (χ1v) is 15.3. The monoisotopic (exact) mass is 670 g/mol. The Balaban J connectivity index is 0.000000253. The fourth-order valence-electron chi connectivity index (χ4n) is 4.67. The number of rotatable bonds is 2. The first-order valence-electron chi connectivity index (χ1n) is 14.1. The molecule has 1 aliphatic rings. The third-order valence-electron chi connectivity index (χ3n) is 7.15. The first-order chi connectivity index (χ1) is 19.0. The van der Waals surface area contributed by atoms with Gasteiger partial charge in [-0.25, -0.2) is 12.2 Å². The van der Waals surface area contributed by atoms with E-state index in [9.17, 15) is 0 Å². The summed E-state index contributed by atoms with van der Waals surface area (Å²) >= 11 is 1.46. The van der Waals surface area contributed by atoms with Crippen LogP contribution >= 0.6 is 24.8 Å². The van der Waals surface area contributed by atoms with E-state index in [0.29, 0.717) is 0 Å². The van der Waals surface area contributed by atoms with E-state index in [-0.39, 0.29) is 35.6 Å². The minimum atomic E-state index is 0. The molecule has 1 aliphatic carbocycles. The molecule has 0 N–H and O–H groups in total. The van der Waals surface area contributed by atoms with Gasteiger partial charge in [0.2, 0.25) is 0 Å². The molecule has 0 spiro atoms. The van der Waals surface area contributed by atoms with Gasteiger partial charge in [0.05, 0.1) is 0 Å². The Hall–Kier alpha value is -2.44. The minimum absolute atomic E-state index is 0. The molecule has 0 fully saturated rings. The van der Waals surface area contributed by atoms with Crippen molar-refractivity contribution in [1.82, 2.24) is 0 Å². The van der Waals surface area contributed by atoms with Crippen molar-refractivity contribution in [3.63, 3.8) is 0 Å². The Labute approximate surface area is 280 Å². The molecule has 0 amide bonds. The number of hydrogen-bond acceptors (Lipinski definition) is 0. The summed E-state index contributed by atoms with van der Waals surface area (Å²) in [5.41, 5.74) is 5.87. The van der Waals surface area contributed by atoms with Crippen molar-refractivity contribution < 1.29 is 24.2 Å². The normalized spacial score (nSPS) is 12.0. The number of allylic oxidation sites excluding steroid dienone is 4. The van der Waals surface area contributed by atoms with E-state index in [4.69, 9.17) is 0 Å². The molecule has 0 atom stereocenters. The quantitative estimate of drug-likeness (QED) is 0.164. The molecule has 0 radical (unpaired) electrons. The Morgan fingerprint density at radius 1 is 0.643 bits per heavy atom. The summed E-state index contributed by atoms with van der Waals surface area (Å²) in [6.45, 7) is 13.6. The van der Waals surface area contributed by atoms with E-state index in [1.54, 1.807) is 0 Å².